The molecule has 1 fully saturated rings. The second kappa shape index (κ2) is 5.11. The first-order valence-corrected chi connectivity index (χ1v) is 6.45. The molecule has 108 valence electrons. The van der Waals surface area contributed by atoms with E-state index in [0.717, 1.165) is 0 Å². The zero-order chi connectivity index (χ0) is 14.9. The topological polar surface area (TPSA) is 87.7 Å². The summed E-state index contributed by atoms with van der Waals surface area (Å²) in [6.45, 7) is 3.68. The molecular weight excluding hydrogens is 261 g/mol. The minimum Gasteiger partial charge on any atom is -0.409 e. The summed E-state index contributed by atoms with van der Waals surface area (Å²) in [5.41, 5.74) is 5.38. The van der Waals surface area contributed by atoms with Gasteiger partial charge in [-0.05, 0) is 37.3 Å². The Morgan fingerprint density at radius 2 is 2.20 bits per heavy atom. The maximum Gasteiger partial charge on any atom is 0.238 e. The largest absolute Gasteiger partial charge is 0.409 e. The molecule has 5 nitrogen and oxygen atoms in total. The number of amidine groups is 1. The fraction of sp³-hybridized carbons (Fsp3) is 0.429. The number of nitrogens with one attached hydrogen (secondary N) is 1. The van der Waals surface area contributed by atoms with E-state index < -0.39 is 17.1 Å². The van der Waals surface area contributed by atoms with Crippen LogP contribution in [0, 0.1) is 24.1 Å². The summed E-state index contributed by atoms with van der Waals surface area (Å²) in [6, 6.07) is 4.56. The van der Waals surface area contributed by atoms with Crippen molar-refractivity contribution in [1.29, 1.82) is 0 Å². The van der Waals surface area contributed by atoms with Gasteiger partial charge in [-0.15, -0.1) is 0 Å². The minimum absolute atomic E-state index is 0.123. The molecule has 0 radical (unpaired) electrons. The lowest BCUT2D eigenvalue weighted by atomic mass is 9.61. The number of carbonyl (C=O) groups is 1. The summed E-state index contributed by atoms with van der Waals surface area (Å²) in [5, 5.41) is 14.4. The van der Waals surface area contributed by atoms with E-state index in [9.17, 15) is 9.18 Å². The quantitative estimate of drug-likeness (QED) is 0.343. The number of nitrogens with zero attached hydrogens (tertiary/aromatic N) is 1. The Labute approximate surface area is 116 Å². The molecule has 0 heterocycles. The third-order valence-corrected chi connectivity index (χ3v) is 3.89. The van der Waals surface area contributed by atoms with Crippen molar-refractivity contribution in [1.82, 2.24) is 0 Å². The molecule has 2 rings (SSSR count). The van der Waals surface area contributed by atoms with Gasteiger partial charge in [0.2, 0.25) is 5.91 Å². The molecule has 0 unspecified atom stereocenters. The highest BCUT2D eigenvalue weighted by molar-refractivity contribution is 6.12. The molecule has 1 aliphatic carbocycles. The molecule has 1 aromatic rings. The average molecular weight is 279 g/mol. The Balaban J connectivity index is 2.27. The second-order valence-corrected chi connectivity index (χ2v) is 5.47. The minimum atomic E-state index is -1.04. The van der Waals surface area contributed by atoms with E-state index >= 15 is 0 Å². The number of para-hydroxylation sites is 1. The van der Waals surface area contributed by atoms with E-state index in [2.05, 4.69) is 10.5 Å². The van der Waals surface area contributed by atoms with Crippen molar-refractivity contribution < 1.29 is 14.4 Å². The molecule has 0 saturated heterocycles. The standard InChI is InChI=1S/C14H18FN3O2/c1-8-6-14(7-8,12(16)18-20)13(19)17-11-9(2)4-3-5-10(11)15/h3-5,8,20H,6-7H2,1-2H3,(H2,16,18)(H,17,19). The van der Waals surface area contributed by atoms with Gasteiger partial charge in [0, 0.05) is 0 Å². The Bertz CT molecular complexity index is 545. The van der Waals surface area contributed by atoms with Gasteiger partial charge in [-0.1, -0.05) is 24.2 Å². The third-order valence-electron chi connectivity index (χ3n) is 3.89. The Morgan fingerprint density at radius 1 is 1.55 bits per heavy atom. The number of rotatable bonds is 3. The predicted molar refractivity (Wildman–Crippen MR) is 74.0 cm³/mol. The van der Waals surface area contributed by atoms with Crippen LogP contribution in [0.15, 0.2) is 23.4 Å². The summed E-state index contributed by atoms with van der Waals surface area (Å²) in [7, 11) is 0. The zero-order valence-electron chi connectivity index (χ0n) is 11.5. The smallest absolute Gasteiger partial charge is 0.238 e. The molecule has 6 heteroatoms. The van der Waals surface area contributed by atoms with E-state index in [1.165, 1.54) is 6.07 Å². The van der Waals surface area contributed by atoms with Crippen LogP contribution >= 0.6 is 0 Å². The van der Waals surface area contributed by atoms with Crippen molar-refractivity contribution in [3.05, 3.63) is 29.6 Å². The highest BCUT2D eigenvalue weighted by Gasteiger charge is 2.52. The van der Waals surface area contributed by atoms with Crippen LogP contribution in [-0.2, 0) is 4.79 Å². The average Bonchev–Trinajstić information content (AvgIpc) is 2.38. The van der Waals surface area contributed by atoms with E-state index in [0.29, 0.717) is 24.3 Å². The number of oxime groups is 1. The summed E-state index contributed by atoms with van der Waals surface area (Å²) < 4.78 is 13.8. The number of nitrogens with two attached hydrogens (primary N) is 1. The number of hydrogen-bond donors (Lipinski definition) is 3. The number of hydrogen-bond acceptors (Lipinski definition) is 3. The van der Waals surface area contributed by atoms with Crippen LogP contribution < -0.4 is 11.1 Å². The normalized spacial score (nSPS) is 25.9. The maximum absolute atomic E-state index is 13.8. The lowest BCUT2D eigenvalue weighted by Gasteiger charge is -2.43. The van der Waals surface area contributed by atoms with Crippen molar-refractivity contribution in [2.24, 2.45) is 22.2 Å². The van der Waals surface area contributed by atoms with E-state index in [-0.39, 0.29) is 11.5 Å². The Hall–Kier alpha value is -2.11. The zero-order valence-corrected chi connectivity index (χ0v) is 11.5. The fourth-order valence-corrected chi connectivity index (χ4v) is 2.76. The van der Waals surface area contributed by atoms with Gasteiger partial charge in [0.05, 0.1) is 5.69 Å². The number of benzene rings is 1. The van der Waals surface area contributed by atoms with Crippen LogP contribution in [0.2, 0.25) is 0 Å². The van der Waals surface area contributed by atoms with E-state index in [1.54, 1.807) is 19.1 Å². The molecule has 0 atom stereocenters. The van der Waals surface area contributed by atoms with Crippen LogP contribution in [0.1, 0.15) is 25.3 Å². The summed E-state index contributed by atoms with van der Waals surface area (Å²) in [5.74, 6) is -0.746. The van der Waals surface area contributed by atoms with Crippen LogP contribution in [0.4, 0.5) is 10.1 Å². The van der Waals surface area contributed by atoms with Gasteiger partial charge >= 0.3 is 0 Å². The molecule has 1 aliphatic rings. The first-order valence-electron chi connectivity index (χ1n) is 6.45. The van der Waals surface area contributed by atoms with Gasteiger partial charge < -0.3 is 16.3 Å². The van der Waals surface area contributed by atoms with Crippen molar-refractivity contribution in [2.45, 2.75) is 26.7 Å². The van der Waals surface area contributed by atoms with Gasteiger partial charge in [0.1, 0.15) is 11.2 Å². The Morgan fingerprint density at radius 3 is 2.70 bits per heavy atom. The molecule has 0 spiro atoms. The number of aryl methyl sites for hydroxylation is 1. The SMILES string of the molecule is Cc1cccc(F)c1NC(=O)C1(/C(N)=N/O)CC(C)C1. The second-order valence-electron chi connectivity index (χ2n) is 5.47. The first-order chi connectivity index (χ1) is 9.40. The Kier molecular flexibility index (Phi) is 3.65. The number of anilines is 1. The molecule has 1 aromatic carbocycles. The highest BCUT2D eigenvalue weighted by Crippen LogP contribution is 2.46. The summed E-state index contributed by atoms with van der Waals surface area (Å²) >= 11 is 0. The fourth-order valence-electron chi connectivity index (χ4n) is 2.76. The van der Waals surface area contributed by atoms with Gasteiger partial charge in [-0.25, -0.2) is 4.39 Å². The molecule has 1 saturated carbocycles. The van der Waals surface area contributed by atoms with Gasteiger partial charge in [-0.3, -0.25) is 4.79 Å². The van der Waals surface area contributed by atoms with Crippen molar-refractivity contribution >= 4 is 17.4 Å². The molecule has 0 aliphatic heterocycles. The summed E-state index contributed by atoms with van der Waals surface area (Å²) in [4.78, 5) is 12.4. The number of carbonyl (C=O) groups excluding carboxylic acids is 1. The number of halogens is 1. The first kappa shape index (κ1) is 14.3. The van der Waals surface area contributed by atoms with Crippen LogP contribution in [0.25, 0.3) is 0 Å². The van der Waals surface area contributed by atoms with Gasteiger partial charge in [0.25, 0.3) is 0 Å². The maximum atomic E-state index is 13.8. The third kappa shape index (κ3) is 2.21. The van der Waals surface area contributed by atoms with Crippen LogP contribution in [-0.4, -0.2) is 17.0 Å². The van der Waals surface area contributed by atoms with E-state index in [1.807, 2.05) is 6.92 Å². The molecule has 1 amide bonds. The highest BCUT2D eigenvalue weighted by atomic mass is 19.1. The molecule has 0 aromatic heterocycles. The van der Waals surface area contributed by atoms with Crippen molar-refractivity contribution in [3.63, 3.8) is 0 Å². The number of amides is 1. The molecule has 4 N–H and O–H groups in total. The van der Waals surface area contributed by atoms with E-state index in [4.69, 9.17) is 10.9 Å². The lowest BCUT2D eigenvalue weighted by molar-refractivity contribution is -0.127. The molecule has 20 heavy (non-hydrogen) atoms. The van der Waals surface area contributed by atoms with Crippen LogP contribution in [0.3, 0.4) is 0 Å². The molecular formula is C14H18FN3O2. The lowest BCUT2D eigenvalue weighted by Crippen LogP contribution is -2.54. The summed E-state index contributed by atoms with van der Waals surface area (Å²) in [6.07, 6.45) is 0.977. The van der Waals surface area contributed by atoms with Gasteiger partial charge in [-0.2, -0.15) is 0 Å². The van der Waals surface area contributed by atoms with Crippen molar-refractivity contribution in [2.75, 3.05) is 5.32 Å². The van der Waals surface area contributed by atoms with Crippen molar-refractivity contribution in [3.8, 4) is 0 Å². The monoisotopic (exact) mass is 279 g/mol. The van der Waals surface area contributed by atoms with Crippen LogP contribution in [0.5, 0.6) is 0 Å². The van der Waals surface area contributed by atoms with Gasteiger partial charge in [0.15, 0.2) is 5.84 Å². The predicted octanol–water partition coefficient (Wildman–Crippen LogP) is 2.24. The molecule has 0 bridgehead atoms.